The minimum atomic E-state index is -4.23. The molecule has 2 aromatic carbocycles. The summed E-state index contributed by atoms with van der Waals surface area (Å²) in [5.41, 5.74) is 1.10. The van der Waals surface area contributed by atoms with Gasteiger partial charge in [-0.05, 0) is 29.8 Å². The van der Waals surface area contributed by atoms with E-state index in [1.54, 1.807) is 48.5 Å². The van der Waals surface area contributed by atoms with E-state index in [0.717, 1.165) is 12.1 Å². The molecule has 4 nitrogen and oxygen atoms in total. The van der Waals surface area contributed by atoms with Gasteiger partial charge in [-0.2, -0.15) is 4.72 Å². The van der Waals surface area contributed by atoms with E-state index >= 15 is 0 Å². The molecule has 1 heterocycles. The Morgan fingerprint density at radius 2 is 1.64 bits per heavy atom. The summed E-state index contributed by atoms with van der Waals surface area (Å²) in [6.45, 7) is 0. The third kappa shape index (κ3) is 3.89. The van der Waals surface area contributed by atoms with Gasteiger partial charge in [0.1, 0.15) is 16.5 Å². The average Bonchev–Trinajstić information content (AvgIpc) is 2.61. The summed E-state index contributed by atoms with van der Waals surface area (Å²) in [5, 5.41) is 0. The number of benzene rings is 2. The van der Waals surface area contributed by atoms with Gasteiger partial charge in [-0.1, -0.05) is 36.4 Å². The van der Waals surface area contributed by atoms with Crippen LogP contribution in [0.1, 0.15) is 17.3 Å². The highest BCUT2D eigenvalue weighted by Gasteiger charge is 2.26. The Labute approximate surface area is 144 Å². The lowest BCUT2D eigenvalue weighted by Crippen LogP contribution is -2.30. The molecule has 0 radical (unpaired) electrons. The van der Waals surface area contributed by atoms with E-state index in [2.05, 4.69) is 9.71 Å². The van der Waals surface area contributed by atoms with Gasteiger partial charge < -0.3 is 0 Å². The van der Waals surface area contributed by atoms with Crippen molar-refractivity contribution in [1.29, 1.82) is 0 Å². The molecular formula is C18H14F2N2O2S. The van der Waals surface area contributed by atoms with E-state index in [4.69, 9.17) is 0 Å². The second kappa shape index (κ2) is 7.08. The maximum Gasteiger partial charge on any atom is 0.244 e. The highest BCUT2D eigenvalue weighted by atomic mass is 32.2. The van der Waals surface area contributed by atoms with Gasteiger partial charge in [0, 0.05) is 12.3 Å². The fourth-order valence-corrected chi connectivity index (χ4v) is 3.66. The largest absolute Gasteiger partial charge is 0.259 e. The van der Waals surface area contributed by atoms with Gasteiger partial charge in [0.25, 0.3) is 0 Å². The number of pyridine rings is 1. The molecule has 1 aromatic heterocycles. The Balaban J connectivity index is 2.03. The molecule has 0 bridgehead atoms. The van der Waals surface area contributed by atoms with Crippen molar-refractivity contribution in [2.75, 3.05) is 0 Å². The molecule has 0 spiro atoms. The first-order chi connectivity index (χ1) is 12.0. The van der Waals surface area contributed by atoms with Gasteiger partial charge in [-0.3, -0.25) is 4.98 Å². The number of halogens is 2. The lowest BCUT2D eigenvalue weighted by Gasteiger charge is -2.19. The normalized spacial score (nSPS) is 12.7. The molecule has 1 unspecified atom stereocenters. The van der Waals surface area contributed by atoms with Crippen LogP contribution in [-0.2, 0) is 10.0 Å². The zero-order chi connectivity index (χ0) is 17.9. The number of hydrogen-bond acceptors (Lipinski definition) is 3. The quantitative estimate of drug-likeness (QED) is 0.758. The summed E-state index contributed by atoms with van der Waals surface area (Å²) < 4.78 is 54.7. The Morgan fingerprint density at radius 1 is 0.920 bits per heavy atom. The van der Waals surface area contributed by atoms with Crippen molar-refractivity contribution >= 4 is 10.0 Å². The zero-order valence-corrected chi connectivity index (χ0v) is 13.7. The van der Waals surface area contributed by atoms with Crippen molar-refractivity contribution < 1.29 is 17.2 Å². The Morgan fingerprint density at radius 3 is 2.28 bits per heavy atom. The van der Waals surface area contributed by atoms with Crippen LogP contribution in [0, 0.1) is 11.6 Å². The third-order valence-electron chi connectivity index (χ3n) is 3.57. The lowest BCUT2D eigenvalue weighted by atomic mass is 10.0. The first kappa shape index (κ1) is 17.2. The Hall–Kier alpha value is -2.64. The molecule has 0 aliphatic heterocycles. The van der Waals surface area contributed by atoms with Crippen molar-refractivity contribution in [3.63, 3.8) is 0 Å². The highest BCUT2D eigenvalue weighted by Crippen LogP contribution is 2.24. The predicted molar refractivity (Wildman–Crippen MR) is 89.2 cm³/mol. The van der Waals surface area contributed by atoms with Crippen LogP contribution in [-0.4, -0.2) is 13.4 Å². The second-order valence-electron chi connectivity index (χ2n) is 5.29. The van der Waals surface area contributed by atoms with Crippen LogP contribution in [0.5, 0.6) is 0 Å². The summed E-state index contributed by atoms with van der Waals surface area (Å²) in [6, 6.07) is 15.4. The number of nitrogens with zero attached hydrogens (tertiary/aromatic N) is 1. The summed E-state index contributed by atoms with van der Waals surface area (Å²) in [7, 11) is -4.23. The van der Waals surface area contributed by atoms with Crippen LogP contribution in [0.25, 0.3) is 0 Å². The van der Waals surface area contributed by atoms with Crippen molar-refractivity contribution in [3.8, 4) is 0 Å². The number of hydrogen-bond donors (Lipinski definition) is 1. The van der Waals surface area contributed by atoms with Crippen molar-refractivity contribution in [2.45, 2.75) is 10.9 Å². The van der Waals surface area contributed by atoms with Gasteiger partial charge in [0.05, 0.1) is 11.7 Å². The number of rotatable bonds is 5. The van der Waals surface area contributed by atoms with E-state index in [9.17, 15) is 17.2 Å². The van der Waals surface area contributed by atoms with E-state index in [1.165, 1.54) is 6.20 Å². The van der Waals surface area contributed by atoms with Crippen LogP contribution >= 0.6 is 0 Å². The fourth-order valence-electron chi connectivity index (χ4n) is 2.40. The summed E-state index contributed by atoms with van der Waals surface area (Å²) in [5.74, 6) is -2.00. The van der Waals surface area contributed by atoms with E-state index in [0.29, 0.717) is 17.3 Å². The Kier molecular flexibility index (Phi) is 4.87. The molecule has 3 rings (SSSR count). The van der Waals surface area contributed by atoms with Crippen LogP contribution in [0.4, 0.5) is 8.78 Å². The summed E-state index contributed by atoms with van der Waals surface area (Å²) in [4.78, 5) is 3.57. The molecule has 0 aliphatic rings. The minimum absolute atomic E-state index is 0.458. The lowest BCUT2D eigenvalue weighted by molar-refractivity contribution is 0.538. The molecule has 25 heavy (non-hydrogen) atoms. The Bertz CT molecular complexity index is 925. The molecule has 1 atom stereocenters. The van der Waals surface area contributed by atoms with Gasteiger partial charge in [0.2, 0.25) is 10.0 Å². The molecule has 3 aromatic rings. The molecule has 0 amide bonds. The van der Waals surface area contributed by atoms with Crippen molar-refractivity contribution in [1.82, 2.24) is 9.71 Å². The number of aromatic nitrogens is 1. The van der Waals surface area contributed by atoms with Gasteiger partial charge in [0.15, 0.2) is 0 Å². The molecule has 7 heteroatoms. The highest BCUT2D eigenvalue weighted by molar-refractivity contribution is 7.89. The molecule has 0 aliphatic carbocycles. The van der Waals surface area contributed by atoms with E-state index in [-0.39, 0.29) is 0 Å². The maximum atomic E-state index is 13.9. The van der Waals surface area contributed by atoms with E-state index in [1.807, 2.05) is 0 Å². The summed E-state index contributed by atoms with van der Waals surface area (Å²) in [6.07, 6.45) is 1.54. The third-order valence-corrected chi connectivity index (χ3v) is 5.03. The second-order valence-corrected chi connectivity index (χ2v) is 6.98. The molecule has 1 N–H and O–H groups in total. The van der Waals surface area contributed by atoms with Gasteiger partial charge in [-0.25, -0.2) is 17.2 Å². The SMILES string of the molecule is O=S(=O)(NC(c1ccccc1)c1ccccn1)c1ccc(F)cc1F. The number of nitrogens with one attached hydrogen (secondary N) is 1. The monoisotopic (exact) mass is 360 g/mol. The first-order valence-corrected chi connectivity index (χ1v) is 8.89. The van der Waals surface area contributed by atoms with Crippen molar-refractivity contribution in [2.24, 2.45) is 0 Å². The maximum absolute atomic E-state index is 13.9. The van der Waals surface area contributed by atoms with E-state index < -0.39 is 32.6 Å². The molecule has 128 valence electrons. The van der Waals surface area contributed by atoms with Gasteiger partial charge in [-0.15, -0.1) is 0 Å². The molecule has 0 fully saturated rings. The van der Waals surface area contributed by atoms with Crippen LogP contribution < -0.4 is 4.72 Å². The molecule has 0 saturated heterocycles. The molecular weight excluding hydrogens is 346 g/mol. The topological polar surface area (TPSA) is 59.1 Å². The van der Waals surface area contributed by atoms with Crippen LogP contribution in [0.2, 0.25) is 0 Å². The zero-order valence-electron chi connectivity index (χ0n) is 12.9. The average molecular weight is 360 g/mol. The van der Waals surface area contributed by atoms with Crippen LogP contribution in [0.3, 0.4) is 0 Å². The number of sulfonamides is 1. The van der Waals surface area contributed by atoms with Gasteiger partial charge >= 0.3 is 0 Å². The standard InChI is InChI=1S/C18H14F2N2O2S/c19-14-9-10-17(15(20)12-14)25(23,24)22-18(13-6-2-1-3-7-13)16-8-4-5-11-21-16/h1-12,18,22H. The predicted octanol–water partition coefficient (Wildman–Crippen LogP) is 3.43. The smallest absolute Gasteiger partial charge is 0.244 e. The first-order valence-electron chi connectivity index (χ1n) is 7.40. The molecule has 0 saturated carbocycles. The minimum Gasteiger partial charge on any atom is -0.259 e. The fraction of sp³-hybridized carbons (Fsp3) is 0.0556. The summed E-state index contributed by atoms with van der Waals surface area (Å²) >= 11 is 0. The van der Waals surface area contributed by atoms with Crippen molar-refractivity contribution in [3.05, 3.63) is 95.8 Å². The van der Waals surface area contributed by atoms with Crippen LogP contribution in [0.15, 0.2) is 77.8 Å².